The number of amides is 2. The van der Waals surface area contributed by atoms with Gasteiger partial charge in [0.25, 0.3) is 5.91 Å². The second kappa shape index (κ2) is 6.47. The lowest BCUT2D eigenvalue weighted by atomic mass is 9.96. The van der Waals surface area contributed by atoms with Crippen LogP contribution in [0.3, 0.4) is 0 Å². The molecule has 6 heteroatoms. The fraction of sp³-hybridized carbons (Fsp3) is 0.500. The van der Waals surface area contributed by atoms with Crippen LogP contribution in [0.1, 0.15) is 10.5 Å². The van der Waals surface area contributed by atoms with Gasteiger partial charge in [-0.1, -0.05) is 6.07 Å². The van der Waals surface area contributed by atoms with Crippen LogP contribution in [0.5, 0.6) is 0 Å². The van der Waals surface area contributed by atoms with Crippen LogP contribution in [0.15, 0.2) is 24.4 Å². The maximum absolute atomic E-state index is 12.3. The molecule has 0 aromatic carbocycles. The van der Waals surface area contributed by atoms with E-state index in [1.54, 1.807) is 43.5 Å². The summed E-state index contributed by atoms with van der Waals surface area (Å²) in [4.78, 5) is 30.0. The summed E-state index contributed by atoms with van der Waals surface area (Å²) in [6, 6.07) is 5.22. The van der Waals surface area contributed by atoms with Gasteiger partial charge in [0.1, 0.15) is 5.69 Å². The van der Waals surface area contributed by atoms with Crippen LogP contribution in [0.2, 0.25) is 0 Å². The minimum Gasteiger partial charge on any atom is -0.384 e. The van der Waals surface area contributed by atoms with Crippen LogP contribution < -0.4 is 5.32 Å². The monoisotopic (exact) mass is 277 g/mol. The molecule has 0 unspecified atom stereocenters. The lowest BCUT2D eigenvalue weighted by Crippen LogP contribution is -2.34. The van der Waals surface area contributed by atoms with Gasteiger partial charge in [-0.3, -0.25) is 14.6 Å². The predicted molar refractivity (Wildman–Crippen MR) is 73.1 cm³/mol. The van der Waals surface area contributed by atoms with Crippen molar-refractivity contribution < 1.29 is 14.3 Å². The Balaban J connectivity index is 2.11. The molecule has 1 aliphatic rings. The molecule has 20 heavy (non-hydrogen) atoms. The first-order chi connectivity index (χ1) is 9.67. The molecule has 6 nitrogen and oxygen atoms in total. The van der Waals surface area contributed by atoms with E-state index in [0.717, 1.165) is 0 Å². The minimum absolute atomic E-state index is 0.0209. The summed E-state index contributed by atoms with van der Waals surface area (Å²) in [5.74, 6) is -0.401. The molecule has 2 atom stereocenters. The maximum Gasteiger partial charge on any atom is 0.272 e. The molecule has 2 rings (SSSR count). The highest BCUT2D eigenvalue weighted by molar-refractivity contribution is 5.93. The summed E-state index contributed by atoms with van der Waals surface area (Å²) in [5.41, 5.74) is 0.404. The molecule has 0 bridgehead atoms. The number of hydrogen-bond acceptors (Lipinski definition) is 4. The van der Waals surface area contributed by atoms with Gasteiger partial charge in [-0.2, -0.15) is 0 Å². The Morgan fingerprint density at radius 2 is 2.25 bits per heavy atom. The van der Waals surface area contributed by atoms with Crippen molar-refractivity contribution in [3.05, 3.63) is 30.1 Å². The van der Waals surface area contributed by atoms with Crippen molar-refractivity contribution in [2.45, 2.75) is 0 Å². The number of rotatable bonds is 4. The number of ether oxygens (including phenoxy) is 1. The van der Waals surface area contributed by atoms with E-state index < -0.39 is 0 Å². The first-order valence-electron chi connectivity index (χ1n) is 6.58. The van der Waals surface area contributed by atoms with Crippen molar-refractivity contribution in [2.75, 3.05) is 33.9 Å². The van der Waals surface area contributed by atoms with Crippen molar-refractivity contribution in [3.8, 4) is 0 Å². The van der Waals surface area contributed by atoms with Gasteiger partial charge in [0.2, 0.25) is 5.91 Å². The highest BCUT2D eigenvalue weighted by atomic mass is 16.5. The third kappa shape index (κ3) is 2.96. The highest BCUT2D eigenvalue weighted by Crippen LogP contribution is 2.25. The summed E-state index contributed by atoms with van der Waals surface area (Å²) in [7, 11) is 3.21. The van der Waals surface area contributed by atoms with Crippen molar-refractivity contribution in [1.82, 2.24) is 15.2 Å². The molecular formula is C14H19N3O3. The second-order valence-electron chi connectivity index (χ2n) is 4.86. The molecule has 0 spiro atoms. The van der Waals surface area contributed by atoms with Gasteiger partial charge in [-0.05, 0) is 12.1 Å². The normalized spacial score (nSPS) is 21.8. The first kappa shape index (κ1) is 14.5. The highest BCUT2D eigenvalue weighted by Gasteiger charge is 2.39. The van der Waals surface area contributed by atoms with Crippen molar-refractivity contribution >= 4 is 11.8 Å². The number of methoxy groups -OCH3 is 1. The number of likely N-dealkylation sites (tertiary alicyclic amines) is 1. The lowest BCUT2D eigenvalue weighted by Gasteiger charge is -2.15. The molecular weight excluding hydrogens is 258 g/mol. The van der Waals surface area contributed by atoms with Gasteiger partial charge in [-0.15, -0.1) is 0 Å². The number of nitrogens with one attached hydrogen (secondary N) is 1. The molecule has 0 radical (unpaired) electrons. The SMILES string of the molecule is CNC(=O)[C@@H]1CN(C(=O)c2ccccn2)C[C@H]1COC. The Kier molecular flexibility index (Phi) is 4.68. The first-order valence-corrected chi connectivity index (χ1v) is 6.58. The summed E-state index contributed by atoms with van der Waals surface area (Å²) in [6.45, 7) is 1.38. The predicted octanol–water partition coefficient (Wildman–Crippen LogP) is 0.162. The number of nitrogens with zero attached hydrogens (tertiary/aromatic N) is 2. The Labute approximate surface area is 118 Å². The summed E-state index contributed by atoms with van der Waals surface area (Å²) >= 11 is 0. The smallest absolute Gasteiger partial charge is 0.272 e. The largest absolute Gasteiger partial charge is 0.384 e. The fourth-order valence-electron chi connectivity index (χ4n) is 2.55. The molecule has 108 valence electrons. The summed E-state index contributed by atoms with van der Waals surface area (Å²) in [6.07, 6.45) is 1.59. The van der Waals surface area contributed by atoms with Crippen LogP contribution in [0, 0.1) is 11.8 Å². The number of aromatic nitrogens is 1. The summed E-state index contributed by atoms with van der Waals surface area (Å²) < 4.78 is 5.15. The number of carbonyl (C=O) groups excluding carboxylic acids is 2. The van der Waals surface area contributed by atoms with E-state index in [9.17, 15) is 9.59 Å². The van der Waals surface area contributed by atoms with Crippen LogP contribution in [0.4, 0.5) is 0 Å². The number of carbonyl (C=O) groups is 2. The molecule has 1 N–H and O–H groups in total. The standard InChI is InChI=1S/C14H19N3O3/c1-15-13(18)11-8-17(7-10(11)9-20-2)14(19)12-5-3-4-6-16-12/h3-6,10-11H,7-9H2,1-2H3,(H,15,18)/t10-,11+/m0/s1. The van der Waals surface area contributed by atoms with Gasteiger partial charge >= 0.3 is 0 Å². The molecule has 1 aromatic heterocycles. The molecule has 1 aromatic rings. The van der Waals surface area contributed by atoms with Crippen LogP contribution >= 0.6 is 0 Å². The molecule has 0 aliphatic carbocycles. The van der Waals surface area contributed by atoms with Crippen LogP contribution in [-0.2, 0) is 9.53 Å². The van der Waals surface area contributed by atoms with Crippen LogP contribution in [-0.4, -0.2) is 55.6 Å². The lowest BCUT2D eigenvalue weighted by molar-refractivity contribution is -0.125. The topological polar surface area (TPSA) is 71.5 Å². The molecule has 1 saturated heterocycles. The van der Waals surface area contributed by atoms with Gasteiger partial charge in [0.05, 0.1) is 12.5 Å². The zero-order chi connectivity index (χ0) is 14.5. The second-order valence-corrected chi connectivity index (χ2v) is 4.86. The van der Waals surface area contributed by atoms with E-state index in [0.29, 0.717) is 25.4 Å². The number of hydrogen-bond donors (Lipinski definition) is 1. The third-order valence-corrected chi connectivity index (χ3v) is 3.58. The zero-order valence-corrected chi connectivity index (χ0v) is 11.7. The Morgan fingerprint density at radius 3 is 2.85 bits per heavy atom. The molecule has 1 aliphatic heterocycles. The van der Waals surface area contributed by atoms with Crippen molar-refractivity contribution in [1.29, 1.82) is 0 Å². The quantitative estimate of drug-likeness (QED) is 0.851. The van der Waals surface area contributed by atoms with E-state index in [-0.39, 0.29) is 23.7 Å². The van der Waals surface area contributed by atoms with Crippen LogP contribution in [0.25, 0.3) is 0 Å². The van der Waals surface area contributed by atoms with E-state index in [1.807, 2.05) is 0 Å². The maximum atomic E-state index is 12.3. The van der Waals surface area contributed by atoms with Gasteiger partial charge in [-0.25, -0.2) is 0 Å². The molecule has 2 amide bonds. The Hall–Kier alpha value is -1.95. The van der Waals surface area contributed by atoms with Gasteiger partial charge in [0.15, 0.2) is 0 Å². The van der Waals surface area contributed by atoms with E-state index in [1.165, 1.54) is 0 Å². The Bertz CT molecular complexity index is 478. The van der Waals surface area contributed by atoms with E-state index in [2.05, 4.69) is 10.3 Å². The molecule has 2 heterocycles. The third-order valence-electron chi connectivity index (χ3n) is 3.58. The summed E-state index contributed by atoms with van der Waals surface area (Å²) in [5, 5.41) is 2.65. The average Bonchev–Trinajstić information content (AvgIpc) is 2.91. The minimum atomic E-state index is -0.229. The van der Waals surface area contributed by atoms with Crippen molar-refractivity contribution in [2.24, 2.45) is 11.8 Å². The van der Waals surface area contributed by atoms with E-state index in [4.69, 9.17) is 4.74 Å². The zero-order valence-electron chi connectivity index (χ0n) is 11.7. The van der Waals surface area contributed by atoms with Gasteiger partial charge in [0, 0.05) is 39.4 Å². The molecule has 1 fully saturated rings. The Morgan fingerprint density at radius 1 is 1.45 bits per heavy atom. The van der Waals surface area contributed by atoms with E-state index >= 15 is 0 Å². The average molecular weight is 277 g/mol. The number of pyridine rings is 1. The molecule has 0 saturated carbocycles. The van der Waals surface area contributed by atoms with Gasteiger partial charge < -0.3 is 15.0 Å². The fourth-order valence-corrected chi connectivity index (χ4v) is 2.55. The van der Waals surface area contributed by atoms with Crippen molar-refractivity contribution in [3.63, 3.8) is 0 Å².